The predicted molar refractivity (Wildman–Crippen MR) is 156 cm³/mol. The standard InChI is InChI=1S/C28H32N4O4S.BrH/c1-28(2,3)21-15-20(16-24(26(21)34)30(4)37(5,35)36)25(33)18-32-23-14-10-9-13-22(23)31(27(32)29)17-19-11-7-6-8-12-19;/h6-16,29,34H,17-18H2,1-5H3;1H. The molecular formula is C28H33BrN4O4S. The van der Waals surface area contributed by atoms with Crippen molar-refractivity contribution < 1.29 is 18.3 Å². The van der Waals surface area contributed by atoms with Crippen molar-refractivity contribution in [3.8, 4) is 5.75 Å². The number of hydrogen-bond acceptors (Lipinski definition) is 5. The second-order valence-corrected chi connectivity index (χ2v) is 12.3. The zero-order valence-electron chi connectivity index (χ0n) is 22.1. The zero-order valence-corrected chi connectivity index (χ0v) is 24.6. The Hall–Kier alpha value is -3.37. The van der Waals surface area contributed by atoms with Gasteiger partial charge in [-0.25, -0.2) is 8.42 Å². The molecule has 10 heteroatoms. The summed E-state index contributed by atoms with van der Waals surface area (Å²) < 4.78 is 29.0. The molecule has 0 saturated heterocycles. The van der Waals surface area contributed by atoms with Crippen molar-refractivity contribution in [3.05, 3.63) is 89.0 Å². The second kappa shape index (κ2) is 10.8. The number of phenols is 1. The number of benzene rings is 3. The molecule has 4 rings (SSSR count). The van der Waals surface area contributed by atoms with Gasteiger partial charge >= 0.3 is 0 Å². The van der Waals surface area contributed by atoms with Gasteiger partial charge in [-0.3, -0.25) is 14.5 Å². The predicted octanol–water partition coefficient (Wildman–Crippen LogP) is 4.83. The molecule has 0 amide bonds. The average molecular weight is 602 g/mol. The Labute approximate surface area is 233 Å². The monoisotopic (exact) mass is 600 g/mol. The summed E-state index contributed by atoms with van der Waals surface area (Å²) in [6, 6.07) is 20.4. The fourth-order valence-corrected chi connectivity index (χ4v) is 4.88. The normalized spacial score (nSPS) is 11.8. The van der Waals surface area contributed by atoms with Crippen LogP contribution >= 0.6 is 17.0 Å². The van der Waals surface area contributed by atoms with Crippen LogP contribution in [0, 0.1) is 5.41 Å². The van der Waals surface area contributed by atoms with Crippen LogP contribution < -0.4 is 9.92 Å². The maximum absolute atomic E-state index is 13.6. The van der Waals surface area contributed by atoms with Gasteiger partial charge in [-0.1, -0.05) is 63.2 Å². The Balaban J connectivity index is 0.00000400. The van der Waals surface area contributed by atoms with E-state index < -0.39 is 15.4 Å². The van der Waals surface area contributed by atoms with E-state index in [2.05, 4.69) is 0 Å². The average Bonchev–Trinajstić information content (AvgIpc) is 3.09. The molecular weight excluding hydrogens is 568 g/mol. The second-order valence-electron chi connectivity index (χ2n) is 10.3. The number of halogens is 1. The number of hydrogen-bond donors (Lipinski definition) is 2. The van der Waals surface area contributed by atoms with Gasteiger partial charge in [0.2, 0.25) is 15.6 Å². The number of carbonyl (C=O) groups is 1. The Morgan fingerprint density at radius 1 is 0.974 bits per heavy atom. The quantitative estimate of drug-likeness (QED) is 0.296. The van der Waals surface area contributed by atoms with Gasteiger partial charge in [0.25, 0.3) is 0 Å². The minimum absolute atomic E-state index is 0. The highest BCUT2D eigenvalue weighted by molar-refractivity contribution is 8.93. The summed E-state index contributed by atoms with van der Waals surface area (Å²) in [4.78, 5) is 13.6. The highest BCUT2D eigenvalue weighted by Crippen LogP contribution is 2.39. The molecule has 0 unspecified atom stereocenters. The van der Waals surface area contributed by atoms with Gasteiger partial charge < -0.3 is 14.2 Å². The van der Waals surface area contributed by atoms with Crippen molar-refractivity contribution in [3.63, 3.8) is 0 Å². The van der Waals surface area contributed by atoms with Crippen LogP contribution in [-0.2, 0) is 28.5 Å². The minimum Gasteiger partial charge on any atom is -0.505 e. The van der Waals surface area contributed by atoms with Crippen LogP contribution in [0.3, 0.4) is 0 Å². The number of nitrogens with one attached hydrogen (secondary N) is 1. The Morgan fingerprint density at radius 3 is 2.08 bits per heavy atom. The number of Topliss-reactive ketones (excluding diaryl/α,β-unsaturated/α-hetero) is 1. The molecule has 8 nitrogen and oxygen atoms in total. The molecule has 0 fully saturated rings. The number of carbonyl (C=O) groups excluding carboxylic acids is 1. The fourth-order valence-electron chi connectivity index (χ4n) is 4.39. The maximum Gasteiger partial charge on any atom is 0.232 e. The van der Waals surface area contributed by atoms with E-state index in [1.54, 1.807) is 10.6 Å². The van der Waals surface area contributed by atoms with E-state index in [0.29, 0.717) is 12.1 Å². The number of rotatable bonds is 7. The third kappa shape index (κ3) is 5.71. The molecule has 0 aliphatic carbocycles. The van der Waals surface area contributed by atoms with E-state index in [9.17, 15) is 18.3 Å². The molecule has 38 heavy (non-hydrogen) atoms. The Morgan fingerprint density at radius 2 is 1.53 bits per heavy atom. The number of sulfonamides is 1. The van der Waals surface area contributed by atoms with E-state index in [4.69, 9.17) is 5.41 Å². The number of nitrogens with zero attached hydrogens (tertiary/aromatic N) is 3. The molecule has 0 aliphatic heterocycles. The molecule has 3 aromatic carbocycles. The van der Waals surface area contributed by atoms with Gasteiger partial charge in [-0.05, 0) is 35.2 Å². The maximum atomic E-state index is 13.6. The molecule has 1 aromatic heterocycles. The van der Waals surface area contributed by atoms with Gasteiger partial charge in [0.05, 0.1) is 36.1 Å². The number of phenolic OH excluding ortho intramolecular Hbond substituents is 1. The van der Waals surface area contributed by atoms with E-state index in [0.717, 1.165) is 27.2 Å². The lowest BCUT2D eigenvalue weighted by atomic mass is 9.84. The smallest absolute Gasteiger partial charge is 0.232 e. The fraction of sp³-hybridized carbons (Fsp3) is 0.286. The van der Waals surface area contributed by atoms with Crippen LogP contribution in [-0.4, -0.2) is 41.7 Å². The van der Waals surface area contributed by atoms with E-state index in [-0.39, 0.29) is 51.9 Å². The number of fused-ring (bicyclic) bond motifs is 1. The molecule has 202 valence electrons. The van der Waals surface area contributed by atoms with Gasteiger partial charge in [-0.15, -0.1) is 17.0 Å². The van der Waals surface area contributed by atoms with E-state index in [1.165, 1.54) is 13.1 Å². The van der Waals surface area contributed by atoms with Gasteiger partial charge in [0.15, 0.2) is 5.78 Å². The van der Waals surface area contributed by atoms with Gasteiger partial charge in [0, 0.05) is 18.2 Å². The molecule has 2 N–H and O–H groups in total. The molecule has 0 saturated carbocycles. The molecule has 4 aromatic rings. The molecule has 0 atom stereocenters. The van der Waals surface area contributed by atoms with Crippen molar-refractivity contribution in [2.24, 2.45) is 0 Å². The third-order valence-electron chi connectivity index (χ3n) is 6.52. The van der Waals surface area contributed by atoms with Crippen molar-refractivity contribution in [1.29, 1.82) is 5.41 Å². The Kier molecular flexibility index (Phi) is 8.28. The lowest BCUT2D eigenvalue weighted by molar-refractivity contribution is 0.0971. The summed E-state index contributed by atoms with van der Waals surface area (Å²) in [7, 11) is -2.33. The first kappa shape index (κ1) is 29.2. The molecule has 0 radical (unpaired) electrons. The van der Waals surface area contributed by atoms with Gasteiger partial charge in [-0.2, -0.15) is 0 Å². The largest absolute Gasteiger partial charge is 0.505 e. The van der Waals surface area contributed by atoms with Crippen molar-refractivity contribution in [1.82, 2.24) is 9.13 Å². The molecule has 1 heterocycles. The van der Waals surface area contributed by atoms with Crippen LogP contribution in [0.25, 0.3) is 11.0 Å². The number of anilines is 1. The molecule has 0 bridgehead atoms. The van der Waals surface area contributed by atoms with Crippen LogP contribution in [0.5, 0.6) is 5.75 Å². The van der Waals surface area contributed by atoms with Crippen LogP contribution in [0.4, 0.5) is 5.69 Å². The molecule has 0 spiro atoms. The summed E-state index contributed by atoms with van der Waals surface area (Å²) in [6.07, 6.45) is 1.04. The summed E-state index contributed by atoms with van der Waals surface area (Å²) in [5.74, 6) is -0.472. The SMILES string of the molecule is Br.CN(c1cc(C(=O)Cn2c(=N)n(Cc3ccccc3)c3ccccc32)cc(C(C)(C)C)c1O)S(C)(=O)=O. The number of aromatic hydroxyl groups is 1. The topological polar surface area (TPSA) is 108 Å². The minimum atomic E-state index is -3.68. The van der Waals surface area contributed by atoms with Crippen molar-refractivity contribution in [2.75, 3.05) is 17.6 Å². The highest BCUT2D eigenvalue weighted by atomic mass is 79.9. The molecule has 0 aliphatic rings. The van der Waals surface area contributed by atoms with Crippen LogP contribution in [0.2, 0.25) is 0 Å². The number of para-hydroxylation sites is 2. The summed E-state index contributed by atoms with van der Waals surface area (Å²) in [6.45, 7) is 6.02. The van der Waals surface area contributed by atoms with Crippen LogP contribution in [0.15, 0.2) is 66.7 Å². The first-order chi connectivity index (χ1) is 17.3. The van der Waals surface area contributed by atoms with Crippen molar-refractivity contribution in [2.45, 2.75) is 39.3 Å². The first-order valence-corrected chi connectivity index (χ1v) is 13.7. The number of aromatic nitrogens is 2. The van der Waals surface area contributed by atoms with Gasteiger partial charge in [0.1, 0.15) is 5.75 Å². The van der Waals surface area contributed by atoms with Crippen LogP contribution in [0.1, 0.15) is 42.3 Å². The van der Waals surface area contributed by atoms with E-state index >= 15 is 0 Å². The summed E-state index contributed by atoms with van der Waals surface area (Å²) in [5, 5.41) is 19.8. The lowest BCUT2D eigenvalue weighted by Gasteiger charge is -2.26. The highest BCUT2D eigenvalue weighted by Gasteiger charge is 2.27. The number of imidazole rings is 1. The zero-order chi connectivity index (χ0) is 27.1. The third-order valence-corrected chi connectivity index (χ3v) is 7.71. The lowest BCUT2D eigenvalue weighted by Crippen LogP contribution is -2.28. The summed E-state index contributed by atoms with van der Waals surface area (Å²) in [5.41, 5.74) is 3.03. The Bertz CT molecular complexity index is 1650. The first-order valence-electron chi connectivity index (χ1n) is 11.9. The number of ketones is 1. The summed E-state index contributed by atoms with van der Waals surface area (Å²) >= 11 is 0. The van der Waals surface area contributed by atoms with Crippen molar-refractivity contribution >= 4 is 49.5 Å². The van der Waals surface area contributed by atoms with E-state index in [1.807, 2.05) is 79.9 Å².